The van der Waals surface area contributed by atoms with E-state index in [1.807, 2.05) is 39.0 Å². The van der Waals surface area contributed by atoms with Crippen molar-refractivity contribution in [3.8, 4) is 5.75 Å². The summed E-state index contributed by atoms with van der Waals surface area (Å²) < 4.78 is 10.8. The molecule has 0 amide bonds. The van der Waals surface area contributed by atoms with Gasteiger partial charge >= 0.3 is 5.97 Å². The van der Waals surface area contributed by atoms with Gasteiger partial charge in [0.05, 0.1) is 7.11 Å². The van der Waals surface area contributed by atoms with Crippen LogP contribution in [0.15, 0.2) is 24.3 Å². The maximum Gasteiger partial charge on any atom is 0.323 e. The highest BCUT2D eigenvalue weighted by molar-refractivity contribution is 5.76. The van der Waals surface area contributed by atoms with Gasteiger partial charge in [-0.2, -0.15) is 0 Å². The molecule has 1 aromatic carbocycles. The van der Waals surface area contributed by atoms with Gasteiger partial charge < -0.3 is 9.47 Å². The van der Waals surface area contributed by atoms with Crippen LogP contribution in [0.4, 0.5) is 0 Å². The second-order valence-electron chi connectivity index (χ2n) is 6.51. The van der Waals surface area contributed by atoms with Crippen molar-refractivity contribution in [2.45, 2.75) is 51.8 Å². The predicted molar refractivity (Wildman–Crippen MR) is 82.3 cm³/mol. The molecule has 0 bridgehead atoms. The smallest absolute Gasteiger partial charge is 0.323 e. The molecule has 1 aromatic rings. The number of esters is 1. The summed E-state index contributed by atoms with van der Waals surface area (Å²) in [5.74, 6) is 0.739. The molecule has 4 heteroatoms. The lowest BCUT2D eigenvalue weighted by Gasteiger charge is -2.27. The largest absolute Gasteiger partial charge is 0.497 e. The van der Waals surface area contributed by atoms with Gasteiger partial charge in [0.2, 0.25) is 0 Å². The zero-order valence-electron chi connectivity index (χ0n) is 13.4. The van der Waals surface area contributed by atoms with Crippen molar-refractivity contribution in [3.05, 3.63) is 29.8 Å². The van der Waals surface area contributed by atoms with Crippen LogP contribution in [0.5, 0.6) is 5.75 Å². The van der Waals surface area contributed by atoms with Crippen LogP contribution in [0.1, 0.15) is 39.2 Å². The number of carbonyl (C=O) groups excluding carboxylic acids is 1. The van der Waals surface area contributed by atoms with E-state index < -0.39 is 5.60 Å². The molecular formula is C17H25NO3. The zero-order chi connectivity index (χ0) is 15.5. The Morgan fingerprint density at radius 1 is 1.38 bits per heavy atom. The third-order valence-corrected chi connectivity index (χ3v) is 3.56. The van der Waals surface area contributed by atoms with E-state index in [4.69, 9.17) is 9.47 Å². The molecule has 0 spiro atoms. The zero-order valence-corrected chi connectivity index (χ0v) is 13.4. The maximum absolute atomic E-state index is 12.3. The molecule has 1 aliphatic heterocycles. The minimum atomic E-state index is -0.429. The first-order valence-electron chi connectivity index (χ1n) is 7.49. The molecule has 0 unspecified atom stereocenters. The Morgan fingerprint density at radius 2 is 2.14 bits per heavy atom. The quantitative estimate of drug-likeness (QED) is 0.799. The van der Waals surface area contributed by atoms with Crippen molar-refractivity contribution in [1.82, 2.24) is 4.90 Å². The fraction of sp³-hybridized carbons (Fsp3) is 0.588. The third kappa shape index (κ3) is 4.46. The Balaban J connectivity index is 2.03. The first-order valence-corrected chi connectivity index (χ1v) is 7.49. The Labute approximate surface area is 127 Å². The Kier molecular flexibility index (Phi) is 4.88. The first kappa shape index (κ1) is 15.8. The Hall–Kier alpha value is -1.55. The second-order valence-corrected chi connectivity index (χ2v) is 6.51. The van der Waals surface area contributed by atoms with Gasteiger partial charge in [0, 0.05) is 6.54 Å². The van der Waals surface area contributed by atoms with Gasteiger partial charge in [-0.3, -0.25) is 9.69 Å². The monoisotopic (exact) mass is 291 g/mol. The number of rotatable bonds is 4. The maximum atomic E-state index is 12.3. The Bertz CT molecular complexity index is 493. The van der Waals surface area contributed by atoms with Crippen molar-refractivity contribution in [2.24, 2.45) is 0 Å². The van der Waals surface area contributed by atoms with E-state index in [1.165, 1.54) is 0 Å². The van der Waals surface area contributed by atoms with Gasteiger partial charge in [0.25, 0.3) is 0 Å². The normalized spacial score (nSPS) is 19.5. The van der Waals surface area contributed by atoms with Crippen LogP contribution in [0.3, 0.4) is 0 Å². The van der Waals surface area contributed by atoms with E-state index in [9.17, 15) is 4.79 Å². The van der Waals surface area contributed by atoms with Crippen LogP contribution in [0, 0.1) is 0 Å². The van der Waals surface area contributed by atoms with E-state index in [1.54, 1.807) is 7.11 Å². The molecule has 116 valence electrons. The standard InChI is InChI=1S/C17H25NO3/c1-17(2,3)21-16(19)15-9-6-10-18(15)12-13-7-5-8-14(11-13)20-4/h5,7-8,11,15H,6,9-10,12H2,1-4H3/t15-/m0/s1. The highest BCUT2D eigenvalue weighted by Gasteiger charge is 2.33. The molecule has 1 fully saturated rings. The lowest BCUT2D eigenvalue weighted by Crippen LogP contribution is -2.40. The predicted octanol–water partition coefficient (Wildman–Crippen LogP) is 3.00. The van der Waals surface area contributed by atoms with Crippen LogP contribution in [-0.4, -0.2) is 36.2 Å². The number of hydrogen-bond donors (Lipinski definition) is 0. The lowest BCUT2D eigenvalue weighted by molar-refractivity contribution is -0.160. The average Bonchev–Trinajstić information content (AvgIpc) is 2.85. The van der Waals surface area contributed by atoms with Crippen LogP contribution in [0.2, 0.25) is 0 Å². The molecular weight excluding hydrogens is 266 g/mol. The second kappa shape index (κ2) is 6.48. The highest BCUT2D eigenvalue weighted by Crippen LogP contribution is 2.24. The summed E-state index contributed by atoms with van der Waals surface area (Å²) in [5, 5.41) is 0. The molecule has 0 saturated carbocycles. The van der Waals surface area contributed by atoms with E-state index >= 15 is 0 Å². The fourth-order valence-electron chi connectivity index (χ4n) is 2.66. The number of carbonyl (C=O) groups is 1. The molecule has 2 rings (SSSR count). The Morgan fingerprint density at radius 3 is 2.81 bits per heavy atom. The van der Waals surface area contributed by atoms with Crippen LogP contribution < -0.4 is 4.74 Å². The summed E-state index contributed by atoms with van der Waals surface area (Å²) in [5.41, 5.74) is 0.728. The van der Waals surface area contributed by atoms with Crippen molar-refractivity contribution >= 4 is 5.97 Å². The lowest BCUT2D eigenvalue weighted by atomic mass is 10.1. The molecule has 0 aliphatic carbocycles. The topological polar surface area (TPSA) is 38.8 Å². The summed E-state index contributed by atoms with van der Waals surface area (Å²) in [6.07, 6.45) is 1.91. The average molecular weight is 291 g/mol. The van der Waals surface area contributed by atoms with Gasteiger partial charge in [-0.25, -0.2) is 0 Å². The fourth-order valence-corrected chi connectivity index (χ4v) is 2.66. The number of likely N-dealkylation sites (tertiary alicyclic amines) is 1. The summed E-state index contributed by atoms with van der Waals surface area (Å²) in [6.45, 7) is 7.41. The molecule has 0 aromatic heterocycles. The van der Waals surface area contributed by atoms with Gasteiger partial charge in [0.1, 0.15) is 17.4 Å². The molecule has 21 heavy (non-hydrogen) atoms. The molecule has 0 N–H and O–H groups in total. The van der Waals surface area contributed by atoms with E-state index in [0.29, 0.717) is 0 Å². The van der Waals surface area contributed by atoms with Crippen molar-refractivity contribution in [1.29, 1.82) is 0 Å². The minimum Gasteiger partial charge on any atom is -0.497 e. The minimum absolute atomic E-state index is 0.108. The molecule has 1 saturated heterocycles. The van der Waals surface area contributed by atoms with Crippen molar-refractivity contribution in [2.75, 3.05) is 13.7 Å². The summed E-state index contributed by atoms with van der Waals surface area (Å²) >= 11 is 0. The summed E-state index contributed by atoms with van der Waals surface area (Å²) in [6, 6.07) is 7.86. The highest BCUT2D eigenvalue weighted by atomic mass is 16.6. The van der Waals surface area contributed by atoms with E-state index in [-0.39, 0.29) is 12.0 Å². The van der Waals surface area contributed by atoms with Crippen molar-refractivity contribution < 1.29 is 14.3 Å². The molecule has 4 nitrogen and oxygen atoms in total. The number of methoxy groups -OCH3 is 1. The first-order chi connectivity index (χ1) is 9.89. The van der Waals surface area contributed by atoms with Gasteiger partial charge in [0.15, 0.2) is 0 Å². The molecule has 1 heterocycles. The van der Waals surface area contributed by atoms with E-state index in [0.717, 1.165) is 37.2 Å². The van der Waals surface area contributed by atoms with Gasteiger partial charge in [-0.15, -0.1) is 0 Å². The molecule has 1 aliphatic rings. The van der Waals surface area contributed by atoms with Gasteiger partial charge in [-0.1, -0.05) is 12.1 Å². The number of hydrogen-bond acceptors (Lipinski definition) is 4. The van der Waals surface area contributed by atoms with Gasteiger partial charge in [-0.05, 0) is 57.9 Å². The van der Waals surface area contributed by atoms with Crippen LogP contribution in [-0.2, 0) is 16.1 Å². The summed E-state index contributed by atoms with van der Waals surface area (Å²) in [4.78, 5) is 14.5. The summed E-state index contributed by atoms with van der Waals surface area (Å²) in [7, 11) is 1.67. The molecule has 0 radical (unpaired) electrons. The SMILES string of the molecule is COc1cccc(CN2CCC[C@H]2C(=O)OC(C)(C)C)c1. The number of nitrogens with zero attached hydrogens (tertiary/aromatic N) is 1. The van der Waals surface area contributed by atoms with Crippen LogP contribution >= 0.6 is 0 Å². The van der Waals surface area contributed by atoms with Crippen LogP contribution in [0.25, 0.3) is 0 Å². The number of benzene rings is 1. The van der Waals surface area contributed by atoms with Crippen molar-refractivity contribution in [3.63, 3.8) is 0 Å². The number of ether oxygens (including phenoxy) is 2. The third-order valence-electron chi connectivity index (χ3n) is 3.56. The van der Waals surface area contributed by atoms with E-state index in [2.05, 4.69) is 11.0 Å². The molecule has 1 atom stereocenters.